The molecule has 32 heavy (non-hydrogen) atoms. The van der Waals surface area contributed by atoms with Crippen LogP contribution >= 0.6 is 0 Å². The van der Waals surface area contributed by atoms with Crippen molar-refractivity contribution in [2.24, 2.45) is 0 Å². The molecule has 1 aliphatic rings. The summed E-state index contributed by atoms with van der Waals surface area (Å²) in [6.07, 6.45) is 6.06. The highest BCUT2D eigenvalue weighted by Crippen LogP contribution is 2.27. The summed E-state index contributed by atoms with van der Waals surface area (Å²) >= 11 is 0. The molecule has 158 valence electrons. The van der Waals surface area contributed by atoms with Gasteiger partial charge >= 0.3 is 0 Å². The maximum absolute atomic E-state index is 12.6. The summed E-state index contributed by atoms with van der Waals surface area (Å²) in [7, 11) is 0. The molecule has 0 spiro atoms. The van der Waals surface area contributed by atoms with Gasteiger partial charge in [0.1, 0.15) is 11.4 Å². The van der Waals surface area contributed by atoms with Crippen molar-refractivity contribution in [1.29, 1.82) is 0 Å². The molecule has 0 saturated carbocycles. The predicted molar refractivity (Wildman–Crippen MR) is 118 cm³/mol. The normalized spacial score (nSPS) is 13.7. The molecule has 0 fully saturated rings. The molecule has 0 radical (unpaired) electrons. The Bertz CT molecular complexity index is 1280. The third-order valence-corrected chi connectivity index (χ3v) is 5.31. The number of aromatic nitrogens is 5. The molecule has 0 atom stereocenters. The largest absolute Gasteiger partial charge is 0.415 e. The SMILES string of the molecule is Cc1ncc(C2=CCN(C(=O)c3ccccn3)CC2)nc1-c1nnc(-c2ccccc2)o1. The van der Waals surface area contributed by atoms with Gasteiger partial charge in [0.25, 0.3) is 11.8 Å². The van der Waals surface area contributed by atoms with Gasteiger partial charge in [-0.1, -0.05) is 30.3 Å². The number of hydrogen-bond acceptors (Lipinski definition) is 7. The van der Waals surface area contributed by atoms with E-state index in [0.29, 0.717) is 48.4 Å². The van der Waals surface area contributed by atoms with Gasteiger partial charge < -0.3 is 9.32 Å². The summed E-state index contributed by atoms with van der Waals surface area (Å²) in [6, 6.07) is 14.9. The maximum Gasteiger partial charge on any atom is 0.272 e. The smallest absolute Gasteiger partial charge is 0.272 e. The number of aryl methyl sites for hydroxylation is 1. The van der Waals surface area contributed by atoms with Gasteiger partial charge in [0.2, 0.25) is 5.89 Å². The quantitative estimate of drug-likeness (QED) is 0.491. The van der Waals surface area contributed by atoms with Gasteiger partial charge in [-0.25, -0.2) is 4.98 Å². The first-order valence-electron chi connectivity index (χ1n) is 10.3. The zero-order chi connectivity index (χ0) is 21.9. The van der Waals surface area contributed by atoms with Gasteiger partial charge in [-0.2, -0.15) is 0 Å². The molecular weight excluding hydrogens is 404 g/mol. The first kappa shape index (κ1) is 19.7. The second kappa shape index (κ2) is 8.50. The third kappa shape index (κ3) is 3.90. The monoisotopic (exact) mass is 424 g/mol. The highest BCUT2D eigenvalue weighted by molar-refractivity contribution is 5.92. The molecule has 8 heteroatoms. The fourth-order valence-corrected chi connectivity index (χ4v) is 3.56. The molecule has 0 aliphatic carbocycles. The van der Waals surface area contributed by atoms with Crippen LogP contribution in [0.15, 0.2) is 71.4 Å². The molecule has 0 bridgehead atoms. The third-order valence-electron chi connectivity index (χ3n) is 5.31. The first-order chi connectivity index (χ1) is 15.7. The number of nitrogens with zero attached hydrogens (tertiary/aromatic N) is 6. The molecule has 4 aromatic rings. The van der Waals surface area contributed by atoms with Crippen molar-refractivity contribution in [2.45, 2.75) is 13.3 Å². The van der Waals surface area contributed by atoms with Crippen molar-refractivity contribution in [1.82, 2.24) is 30.0 Å². The standard InChI is InChI=1S/C24H20N6O2/c1-16-21(23-29-28-22(32-23)18-7-3-2-4-8-18)27-20(15-26-16)17-10-13-30(14-11-17)24(31)19-9-5-6-12-25-19/h2-10,12,15H,11,13-14H2,1H3. The van der Waals surface area contributed by atoms with Crippen molar-refractivity contribution in [2.75, 3.05) is 13.1 Å². The number of benzene rings is 1. The molecule has 4 heterocycles. The lowest BCUT2D eigenvalue weighted by Gasteiger charge is -2.26. The second-order valence-electron chi connectivity index (χ2n) is 7.41. The molecule has 1 aliphatic heterocycles. The average molecular weight is 424 g/mol. The van der Waals surface area contributed by atoms with Crippen molar-refractivity contribution < 1.29 is 9.21 Å². The van der Waals surface area contributed by atoms with Crippen LogP contribution in [0.5, 0.6) is 0 Å². The fourth-order valence-electron chi connectivity index (χ4n) is 3.56. The van der Waals surface area contributed by atoms with E-state index < -0.39 is 0 Å². The summed E-state index contributed by atoms with van der Waals surface area (Å²) in [4.78, 5) is 27.8. The number of carbonyl (C=O) groups is 1. The Labute approximate surface area is 184 Å². The van der Waals surface area contributed by atoms with E-state index in [4.69, 9.17) is 9.40 Å². The number of carbonyl (C=O) groups excluding carboxylic acids is 1. The lowest BCUT2D eigenvalue weighted by atomic mass is 10.0. The molecule has 5 rings (SSSR count). The van der Waals surface area contributed by atoms with E-state index in [1.54, 1.807) is 29.4 Å². The molecule has 0 N–H and O–H groups in total. The molecule has 0 unspecified atom stereocenters. The van der Waals surface area contributed by atoms with E-state index in [1.165, 1.54) is 0 Å². The number of rotatable bonds is 4. The van der Waals surface area contributed by atoms with Gasteiger partial charge in [0, 0.05) is 24.8 Å². The zero-order valence-corrected chi connectivity index (χ0v) is 17.5. The lowest BCUT2D eigenvalue weighted by molar-refractivity contribution is 0.0767. The van der Waals surface area contributed by atoms with Crippen LogP contribution in [0.4, 0.5) is 0 Å². The van der Waals surface area contributed by atoms with Crippen molar-refractivity contribution in [3.05, 3.63) is 84.1 Å². The molecular formula is C24H20N6O2. The molecule has 1 amide bonds. The topological polar surface area (TPSA) is 97.9 Å². The first-order valence-corrected chi connectivity index (χ1v) is 10.3. The zero-order valence-electron chi connectivity index (χ0n) is 17.5. The minimum Gasteiger partial charge on any atom is -0.415 e. The second-order valence-corrected chi connectivity index (χ2v) is 7.41. The summed E-state index contributed by atoms with van der Waals surface area (Å²) < 4.78 is 5.87. The van der Waals surface area contributed by atoms with Crippen LogP contribution < -0.4 is 0 Å². The number of amides is 1. The fraction of sp³-hybridized carbons (Fsp3) is 0.167. The van der Waals surface area contributed by atoms with Crippen molar-refractivity contribution >= 4 is 11.5 Å². The van der Waals surface area contributed by atoms with E-state index >= 15 is 0 Å². The van der Waals surface area contributed by atoms with E-state index in [1.807, 2.05) is 49.4 Å². The minimum absolute atomic E-state index is 0.0733. The summed E-state index contributed by atoms with van der Waals surface area (Å²) in [5, 5.41) is 8.34. The highest BCUT2D eigenvalue weighted by Gasteiger charge is 2.22. The average Bonchev–Trinajstić information content (AvgIpc) is 3.35. The van der Waals surface area contributed by atoms with Crippen LogP contribution in [-0.2, 0) is 0 Å². The molecule has 8 nitrogen and oxygen atoms in total. The van der Waals surface area contributed by atoms with E-state index in [9.17, 15) is 4.79 Å². The van der Waals surface area contributed by atoms with Crippen LogP contribution in [-0.4, -0.2) is 49.0 Å². The Balaban J connectivity index is 1.37. The van der Waals surface area contributed by atoms with E-state index in [0.717, 1.165) is 16.8 Å². The van der Waals surface area contributed by atoms with Crippen LogP contribution in [0.2, 0.25) is 0 Å². The lowest BCUT2D eigenvalue weighted by Crippen LogP contribution is -2.35. The number of hydrogen-bond donors (Lipinski definition) is 0. The van der Waals surface area contributed by atoms with Gasteiger partial charge in [0.05, 0.1) is 17.6 Å². The van der Waals surface area contributed by atoms with Gasteiger partial charge in [-0.3, -0.25) is 14.8 Å². The Kier molecular flexibility index (Phi) is 5.25. The van der Waals surface area contributed by atoms with Crippen molar-refractivity contribution in [3.63, 3.8) is 0 Å². The predicted octanol–water partition coefficient (Wildman–Crippen LogP) is 3.83. The van der Waals surface area contributed by atoms with Crippen LogP contribution in [0.3, 0.4) is 0 Å². The Hall–Kier alpha value is -4.20. The van der Waals surface area contributed by atoms with E-state index in [-0.39, 0.29) is 5.91 Å². The van der Waals surface area contributed by atoms with Gasteiger partial charge in [-0.15, -0.1) is 10.2 Å². The highest BCUT2D eigenvalue weighted by atomic mass is 16.4. The van der Waals surface area contributed by atoms with Gasteiger partial charge in [-0.05, 0) is 43.2 Å². The molecule has 0 saturated heterocycles. The van der Waals surface area contributed by atoms with Gasteiger partial charge in [0.15, 0.2) is 0 Å². The van der Waals surface area contributed by atoms with Crippen molar-refractivity contribution in [3.8, 4) is 23.0 Å². The summed E-state index contributed by atoms with van der Waals surface area (Å²) in [5.41, 5.74) is 4.35. The Morgan fingerprint density at radius 3 is 2.56 bits per heavy atom. The molecule has 1 aromatic carbocycles. The van der Waals surface area contributed by atoms with Crippen LogP contribution in [0, 0.1) is 6.92 Å². The van der Waals surface area contributed by atoms with Crippen LogP contribution in [0.25, 0.3) is 28.6 Å². The minimum atomic E-state index is -0.0733. The Morgan fingerprint density at radius 2 is 1.81 bits per heavy atom. The number of pyridine rings is 1. The summed E-state index contributed by atoms with van der Waals surface area (Å²) in [5.74, 6) is 0.697. The maximum atomic E-state index is 12.6. The summed E-state index contributed by atoms with van der Waals surface area (Å²) in [6.45, 7) is 2.94. The molecule has 3 aromatic heterocycles. The Morgan fingerprint density at radius 1 is 1.00 bits per heavy atom. The van der Waals surface area contributed by atoms with E-state index in [2.05, 4.69) is 20.2 Å². The van der Waals surface area contributed by atoms with Crippen LogP contribution in [0.1, 0.15) is 28.3 Å².